The number of sulfone groups is 1. The van der Waals surface area contributed by atoms with E-state index in [0.717, 1.165) is 6.26 Å². The largest absolute Gasteiger partial charge is 0.480 e. The van der Waals surface area contributed by atoms with Crippen LogP contribution in [-0.4, -0.2) is 35.3 Å². The van der Waals surface area contributed by atoms with E-state index in [1.54, 1.807) is 41.8 Å². The topological polar surface area (TPSA) is 89.3 Å². The molecule has 0 bridgehead atoms. The van der Waals surface area contributed by atoms with Crippen LogP contribution in [0, 0.1) is 12.7 Å². The van der Waals surface area contributed by atoms with Crippen LogP contribution in [-0.2, 0) is 27.6 Å². The normalized spacial score (nSPS) is 12.0. The van der Waals surface area contributed by atoms with Gasteiger partial charge in [0.1, 0.15) is 12.4 Å². The highest BCUT2D eigenvalue weighted by molar-refractivity contribution is 7.91. The first-order valence-corrected chi connectivity index (χ1v) is 11.1. The number of para-hydroxylation sites is 1. The summed E-state index contributed by atoms with van der Waals surface area (Å²) >= 11 is 0. The van der Waals surface area contributed by atoms with Gasteiger partial charge in [0.15, 0.2) is 9.84 Å². The predicted octanol–water partition coefficient (Wildman–Crippen LogP) is 3.72. The monoisotopic (exact) mass is 426 g/mol. The zero-order valence-electron chi connectivity index (χ0n) is 16.4. The number of aliphatic carboxylic acids is 1. The van der Waals surface area contributed by atoms with Crippen molar-refractivity contribution in [3.63, 3.8) is 0 Å². The van der Waals surface area contributed by atoms with Crippen LogP contribution < -0.4 is 0 Å². The molecular weight excluding hydrogens is 407 g/mol. The standard InChI is InChI=1S/C22H19FN2O4S/c1-13-17(18-9-14(23)7-8-20(18)25(13)12-22(26)27)10-15-11-21(30(2,28)29)16-5-3-4-6-19(16)24-15/h3-9,11H,10,12H2,1-2H3,(H,26,27). The molecule has 30 heavy (non-hydrogen) atoms. The highest BCUT2D eigenvalue weighted by Gasteiger charge is 2.19. The second kappa shape index (κ2) is 7.21. The number of pyridine rings is 1. The summed E-state index contributed by atoms with van der Waals surface area (Å²) in [4.78, 5) is 16.1. The first kappa shape index (κ1) is 20.0. The van der Waals surface area contributed by atoms with Crippen LogP contribution in [0.25, 0.3) is 21.8 Å². The Morgan fingerprint density at radius 3 is 2.57 bits per heavy atom. The molecular formula is C22H19FN2O4S. The maximum atomic E-state index is 14.0. The molecule has 2 aromatic heterocycles. The van der Waals surface area contributed by atoms with Crippen molar-refractivity contribution in [3.05, 3.63) is 71.3 Å². The van der Waals surface area contributed by atoms with E-state index in [1.165, 1.54) is 18.2 Å². The van der Waals surface area contributed by atoms with E-state index in [9.17, 15) is 22.7 Å². The molecule has 0 unspecified atom stereocenters. The molecule has 8 heteroatoms. The Hall–Kier alpha value is -3.26. The lowest BCUT2D eigenvalue weighted by Crippen LogP contribution is -2.10. The maximum Gasteiger partial charge on any atom is 0.323 e. The first-order valence-electron chi connectivity index (χ1n) is 9.23. The number of fused-ring (bicyclic) bond motifs is 2. The fraction of sp³-hybridized carbons (Fsp3) is 0.182. The Kier molecular flexibility index (Phi) is 4.82. The van der Waals surface area contributed by atoms with Crippen LogP contribution in [0.1, 0.15) is 17.0 Å². The Labute approximate surface area is 172 Å². The number of carbonyl (C=O) groups is 1. The molecule has 0 saturated carbocycles. The molecule has 0 aliphatic carbocycles. The van der Waals surface area contributed by atoms with Crippen molar-refractivity contribution in [2.24, 2.45) is 0 Å². The van der Waals surface area contributed by atoms with E-state index in [0.29, 0.717) is 38.8 Å². The average Bonchev–Trinajstić information content (AvgIpc) is 2.91. The third-order valence-corrected chi connectivity index (χ3v) is 6.33. The lowest BCUT2D eigenvalue weighted by atomic mass is 10.0. The van der Waals surface area contributed by atoms with Crippen LogP contribution >= 0.6 is 0 Å². The van der Waals surface area contributed by atoms with Crippen molar-refractivity contribution in [1.82, 2.24) is 9.55 Å². The van der Waals surface area contributed by atoms with E-state index in [4.69, 9.17) is 0 Å². The van der Waals surface area contributed by atoms with Crippen molar-refractivity contribution >= 4 is 37.6 Å². The lowest BCUT2D eigenvalue weighted by Gasteiger charge is -2.09. The summed E-state index contributed by atoms with van der Waals surface area (Å²) in [7, 11) is -3.50. The van der Waals surface area contributed by atoms with Gasteiger partial charge in [-0.2, -0.15) is 0 Å². The number of aromatic nitrogens is 2. The van der Waals surface area contributed by atoms with Gasteiger partial charge in [0.05, 0.1) is 10.4 Å². The molecule has 6 nitrogen and oxygen atoms in total. The molecule has 2 aromatic carbocycles. The summed E-state index contributed by atoms with van der Waals surface area (Å²) in [5, 5.41) is 10.4. The molecule has 0 aliphatic rings. The zero-order chi connectivity index (χ0) is 21.6. The number of benzene rings is 2. The van der Waals surface area contributed by atoms with Gasteiger partial charge in [0.2, 0.25) is 0 Å². The second-order valence-corrected chi connectivity index (χ2v) is 9.27. The van der Waals surface area contributed by atoms with Gasteiger partial charge in [-0.3, -0.25) is 9.78 Å². The quantitative estimate of drug-likeness (QED) is 0.525. The number of rotatable bonds is 5. The Morgan fingerprint density at radius 2 is 1.87 bits per heavy atom. The van der Waals surface area contributed by atoms with Crippen LogP contribution in [0.2, 0.25) is 0 Å². The van der Waals surface area contributed by atoms with E-state index >= 15 is 0 Å². The zero-order valence-corrected chi connectivity index (χ0v) is 17.2. The van der Waals surface area contributed by atoms with Crippen molar-refractivity contribution in [2.75, 3.05) is 6.26 Å². The van der Waals surface area contributed by atoms with Crippen molar-refractivity contribution in [1.29, 1.82) is 0 Å². The minimum atomic E-state index is -3.50. The fourth-order valence-electron chi connectivity index (χ4n) is 3.86. The van der Waals surface area contributed by atoms with Crippen LogP contribution in [0.3, 0.4) is 0 Å². The summed E-state index contributed by atoms with van der Waals surface area (Å²) < 4.78 is 40.3. The SMILES string of the molecule is Cc1c(Cc2cc(S(C)(=O)=O)c3ccccc3n2)c2cc(F)ccc2n1CC(=O)O. The molecule has 2 heterocycles. The summed E-state index contributed by atoms with van der Waals surface area (Å²) in [5.41, 5.74) is 3.06. The van der Waals surface area contributed by atoms with Gasteiger partial charge in [-0.1, -0.05) is 18.2 Å². The van der Waals surface area contributed by atoms with Gasteiger partial charge in [0.25, 0.3) is 0 Å². The minimum absolute atomic E-state index is 0.182. The summed E-state index contributed by atoms with van der Waals surface area (Å²) in [5.74, 6) is -1.44. The summed E-state index contributed by atoms with van der Waals surface area (Å²) in [6, 6.07) is 12.7. The van der Waals surface area contributed by atoms with Crippen molar-refractivity contribution in [3.8, 4) is 0 Å². The molecule has 4 rings (SSSR count). The number of nitrogens with zero attached hydrogens (tertiary/aromatic N) is 2. The Balaban J connectivity index is 1.93. The second-order valence-electron chi connectivity index (χ2n) is 7.28. The van der Waals surface area contributed by atoms with Crippen LogP contribution in [0.4, 0.5) is 4.39 Å². The molecule has 0 saturated heterocycles. The van der Waals surface area contributed by atoms with E-state index in [2.05, 4.69) is 4.98 Å². The van der Waals surface area contributed by atoms with Gasteiger partial charge >= 0.3 is 5.97 Å². The fourth-order valence-corrected chi connectivity index (χ4v) is 4.78. The van der Waals surface area contributed by atoms with E-state index < -0.39 is 21.6 Å². The Morgan fingerprint density at radius 1 is 1.13 bits per heavy atom. The van der Waals surface area contributed by atoms with E-state index in [1.807, 2.05) is 0 Å². The number of hydrogen-bond donors (Lipinski definition) is 1. The van der Waals surface area contributed by atoms with Gasteiger partial charge in [-0.25, -0.2) is 12.8 Å². The van der Waals surface area contributed by atoms with Crippen molar-refractivity contribution in [2.45, 2.75) is 24.8 Å². The third kappa shape index (κ3) is 3.54. The summed E-state index contributed by atoms with van der Waals surface area (Å²) in [6.45, 7) is 1.52. The molecule has 0 aliphatic heterocycles. The van der Waals surface area contributed by atoms with E-state index in [-0.39, 0.29) is 17.9 Å². The van der Waals surface area contributed by atoms with Crippen LogP contribution in [0.15, 0.2) is 53.4 Å². The van der Waals surface area contributed by atoms with Gasteiger partial charge in [-0.15, -0.1) is 0 Å². The Bertz CT molecular complexity index is 1420. The van der Waals surface area contributed by atoms with Gasteiger partial charge in [-0.05, 0) is 42.8 Å². The molecule has 4 aromatic rings. The molecule has 0 fully saturated rings. The molecule has 0 radical (unpaired) electrons. The van der Waals surface area contributed by atoms with Gasteiger partial charge in [0, 0.05) is 40.4 Å². The molecule has 0 amide bonds. The number of carboxylic acids is 1. The number of halogens is 1. The first-order chi connectivity index (χ1) is 14.1. The molecule has 0 spiro atoms. The maximum absolute atomic E-state index is 14.0. The highest BCUT2D eigenvalue weighted by Crippen LogP contribution is 2.30. The minimum Gasteiger partial charge on any atom is -0.480 e. The highest BCUT2D eigenvalue weighted by atomic mass is 32.2. The molecule has 1 N–H and O–H groups in total. The smallest absolute Gasteiger partial charge is 0.323 e. The molecule has 0 atom stereocenters. The number of carboxylic acid groups (broad SMARTS) is 1. The van der Waals surface area contributed by atoms with Gasteiger partial charge < -0.3 is 9.67 Å². The van der Waals surface area contributed by atoms with Crippen molar-refractivity contribution < 1.29 is 22.7 Å². The number of hydrogen-bond acceptors (Lipinski definition) is 4. The predicted molar refractivity (Wildman–Crippen MR) is 112 cm³/mol. The van der Waals surface area contributed by atoms with Crippen LogP contribution in [0.5, 0.6) is 0 Å². The average molecular weight is 426 g/mol. The molecule has 154 valence electrons. The lowest BCUT2D eigenvalue weighted by molar-refractivity contribution is -0.137. The third-order valence-electron chi connectivity index (χ3n) is 5.20. The summed E-state index contributed by atoms with van der Waals surface area (Å²) in [6.07, 6.45) is 1.39.